The van der Waals surface area contributed by atoms with Crippen molar-refractivity contribution in [2.45, 2.75) is 56.3 Å². The first-order valence-electron chi connectivity index (χ1n) is 15.8. The molecule has 0 radical (unpaired) electrons. The summed E-state index contributed by atoms with van der Waals surface area (Å²) in [6.07, 6.45) is -0.418. The van der Waals surface area contributed by atoms with Gasteiger partial charge >= 0.3 is 5.97 Å². The van der Waals surface area contributed by atoms with Crippen molar-refractivity contribution in [1.29, 1.82) is 0 Å². The summed E-state index contributed by atoms with van der Waals surface area (Å²) in [7, 11) is 0. The molecule has 49 heavy (non-hydrogen) atoms. The molecule has 0 spiro atoms. The van der Waals surface area contributed by atoms with Gasteiger partial charge in [0.15, 0.2) is 5.96 Å². The lowest BCUT2D eigenvalue weighted by atomic mass is 9.99. The van der Waals surface area contributed by atoms with E-state index < -0.39 is 72.6 Å². The third-order valence-corrected chi connectivity index (χ3v) is 7.83. The lowest BCUT2D eigenvalue weighted by Gasteiger charge is -2.26. The zero-order chi connectivity index (χ0) is 35.3. The Labute approximate surface area is 282 Å². The zero-order valence-corrected chi connectivity index (χ0v) is 26.7. The molecule has 10 N–H and O–H groups in total. The summed E-state index contributed by atoms with van der Waals surface area (Å²) < 4.78 is 0. The van der Waals surface area contributed by atoms with E-state index in [2.05, 4.69) is 31.6 Å². The number of carboxylic acids is 1. The minimum atomic E-state index is -1.57. The number of guanidine groups is 1. The van der Waals surface area contributed by atoms with Crippen LogP contribution in [0.2, 0.25) is 0 Å². The first kappa shape index (κ1) is 35.9. The number of nitrogens with zero attached hydrogens (tertiary/aromatic N) is 1. The van der Waals surface area contributed by atoms with E-state index >= 15 is 0 Å². The monoisotopic (exact) mass is 672 g/mol. The van der Waals surface area contributed by atoms with Gasteiger partial charge in [-0.05, 0) is 34.7 Å². The van der Waals surface area contributed by atoms with Crippen LogP contribution in [0, 0.1) is 0 Å². The molecule has 1 heterocycles. The fourth-order valence-corrected chi connectivity index (χ4v) is 5.38. The summed E-state index contributed by atoms with van der Waals surface area (Å²) in [6.45, 7) is -0.459. The quantitative estimate of drug-likeness (QED) is 0.0764. The Balaban J connectivity index is 1.71. The molecule has 1 aliphatic heterocycles. The largest absolute Gasteiger partial charge is 0.481 e. The van der Waals surface area contributed by atoms with Gasteiger partial charge < -0.3 is 43.2 Å². The van der Waals surface area contributed by atoms with Crippen LogP contribution in [-0.2, 0) is 41.6 Å². The van der Waals surface area contributed by atoms with Crippen LogP contribution < -0.4 is 38.1 Å². The number of nitrogens with one attached hydrogen (secondary N) is 5. The summed E-state index contributed by atoms with van der Waals surface area (Å²) in [4.78, 5) is 82.8. The van der Waals surface area contributed by atoms with Crippen molar-refractivity contribution in [2.75, 3.05) is 13.1 Å². The van der Waals surface area contributed by atoms with Crippen LogP contribution in [0.4, 0.5) is 0 Å². The molecule has 15 nitrogen and oxygen atoms in total. The second-order valence-corrected chi connectivity index (χ2v) is 11.6. The number of fused-ring (bicyclic) bond motifs is 1. The highest BCUT2D eigenvalue weighted by atomic mass is 16.4. The number of rotatable bonds is 10. The zero-order valence-electron chi connectivity index (χ0n) is 26.7. The van der Waals surface area contributed by atoms with E-state index in [9.17, 15) is 33.9 Å². The van der Waals surface area contributed by atoms with Crippen molar-refractivity contribution in [3.63, 3.8) is 0 Å². The molecule has 3 aromatic rings. The van der Waals surface area contributed by atoms with Crippen LogP contribution in [0.15, 0.2) is 77.8 Å². The van der Waals surface area contributed by atoms with E-state index in [0.29, 0.717) is 11.1 Å². The standard InChI is InChI=1S/C34H40N8O7/c35-34(36)37-14-6-11-24-30(46)38-19-28(43)39-27(18-29(44)45)33(49)41-25(16-20-7-2-1-3-8-20)32(48)42-26(31(47)40-24)17-21-12-13-22-9-4-5-10-23(22)15-21/h1-5,7-10,12-13,15,24-27H,6,11,14,16-19H2,(H,38,46)(H,39,43)(H,40,47)(H,41,49)(H,42,48)(H,44,45)(H4,35,36,37)/t24-,25+,26-,27-/m0/s1. The fraction of sp³-hybridized carbons (Fsp3) is 0.324. The summed E-state index contributed by atoms with van der Waals surface area (Å²) in [5.74, 6) is -5.44. The number of nitrogens with two attached hydrogens (primary N) is 2. The molecule has 4 atom stereocenters. The second-order valence-electron chi connectivity index (χ2n) is 11.6. The minimum absolute atomic E-state index is 0.01000. The highest BCUT2D eigenvalue weighted by Gasteiger charge is 2.33. The fourth-order valence-electron chi connectivity index (χ4n) is 5.38. The highest BCUT2D eigenvalue weighted by molar-refractivity contribution is 5.98. The van der Waals surface area contributed by atoms with E-state index in [4.69, 9.17) is 11.5 Å². The first-order chi connectivity index (χ1) is 23.5. The van der Waals surface area contributed by atoms with Gasteiger partial charge in [-0.3, -0.25) is 33.8 Å². The van der Waals surface area contributed by atoms with Crippen LogP contribution in [0.5, 0.6) is 0 Å². The lowest BCUT2D eigenvalue weighted by molar-refractivity contribution is -0.141. The van der Waals surface area contributed by atoms with Gasteiger partial charge in [0.25, 0.3) is 0 Å². The highest BCUT2D eigenvalue weighted by Crippen LogP contribution is 2.17. The molecule has 3 aromatic carbocycles. The number of amides is 5. The summed E-state index contributed by atoms with van der Waals surface area (Å²) in [5.41, 5.74) is 12.2. The molecule has 0 unspecified atom stereocenters. The maximum Gasteiger partial charge on any atom is 0.305 e. The number of carboxylic acid groups (broad SMARTS) is 1. The molecule has 5 amide bonds. The molecule has 0 bridgehead atoms. The summed E-state index contributed by atoms with van der Waals surface area (Å²) in [6, 6.07) is 16.8. The van der Waals surface area contributed by atoms with E-state index in [1.165, 1.54) is 0 Å². The number of hydrogen-bond acceptors (Lipinski definition) is 7. The van der Waals surface area contributed by atoms with E-state index in [-0.39, 0.29) is 38.2 Å². The van der Waals surface area contributed by atoms with Gasteiger partial charge in [0.1, 0.15) is 24.2 Å². The predicted molar refractivity (Wildman–Crippen MR) is 181 cm³/mol. The number of aliphatic imine (C=N–C) groups is 1. The van der Waals surface area contributed by atoms with Crippen molar-refractivity contribution in [3.8, 4) is 0 Å². The number of carbonyl (C=O) groups excluding carboxylic acids is 5. The SMILES string of the molecule is NC(N)=NCCC[C@@H]1NC(=O)[C@H](Cc2ccc3ccccc3c2)NC(=O)[C@@H](Cc2ccccc2)NC(=O)[C@H](CC(=O)O)NC(=O)CNC1=O. The molecule has 1 saturated heterocycles. The molecular formula is C34H40N8O7. The van der Waals surface area contributed by atoms with Crippen LogP contribution in [0.3, 0.4) is 0 Å². The molecule has 258 valence electrons. The van der Waals surface area contributed by atoms with Gasteiger partial charge in [0, 0.05) is 19.4 Å². The number of carbonyl (C=O) groups is 6. The molecule has 0 saturated carbocycles. The van der Waals surface area contributed by atoms with E-state index in [0.717, 1.165) is 10.8 Å². The van der Waals surface area contributed by atoms with Crippen LogP contribution in [0.1, 0.15) is 30.4 Å². The maximum absolute atomic E-state index is 13.9. The van der Waals surface area contributed by atoms with Gasteiger partial charge in [0.05, 0.1) is 13.0 Å². The number of hydrogen-bond donors (Lipinski definition) is 8. The average molecular weight is 673 g/mol. The molecule has 0 aliphatic carbocycles. The number of aliphatic carboxylic acids is 1. The van der Waals surface area contributed by atoms with Crippen molar-refractivity contribution in [1.82, 2.24) is 26.6 Å². The van der Waals surface area contributed by atoms with Crippen molar-refractivity contribution >= 4 is 52.2 Å². The minimum Gasteiger partial charge on any atom is -0.481 e. The Morgan fingerprint density at radius 1 is 0.694 bits per heavy atom. The van der Waals surface area contributed by atoms with Crippen molar-refractivity contribution < 1.29 is 33.9 Å². The van der Waals surface area contributed by atoms with Gasteiger partial charge in [-0.2, -0.15) is 0 Å². The second kappa shape index (κ2) is 17.2. The van der Waals surface area contributed by atoms with Gasteiger partial charge in [-0.1, -0.05) is 72.8 Å². The van der Waals surface area contributed by atoms with Crippen molar-refractivity contribution in [2.24, 2.45) is 16.5 Å². The molecular weight excluding hydrogens is 632 g/mol. The summed E-state index contributed by atoms with van der Waals surface area (Å²) in [5, 5.41) is 24.1. The van der Waals surface area contributed by atoms with Crippen LogP contribution in [-0.4, -0.2) is 83.8 Å². The third kappa shape index (κ3) is 11.1. The normalized spacial score (nSPS) is 20.8. The molecule has 1 fully saturated rings. The average Bonchev–Trinajstić information content (AvgIpc) is 3.07. The molecule has 0 aromatic heterocycles. The molecule has 4 rings (SSSR count). The smallest absolute Gasteiger partial charge is 0.305 e. The summed E-state index contributed by atoms with van der Waals surface area (Å²) >= 11 is 0. The first-order valence-corrected chi connectivity index (χ1v) is 15.8. The van der Waals surface area contributed by atoms with Crippen LogP contribution >= 0.6 is 0 Å². The molecule has 1 aliphatic rings. The van der Waals surface area contributed by atoms with Gasteiger partial charge in [-0.25, -0.2) is 0 Å². The van der Waals surface area contributed by atoms with E-state index in [1.54, 1.807) is 30.3 Å². The Morgan fingerprint density at radius 2 is 1.29 bits per heavy atom. The topological polar surface area (TPSA) is 247 Å². The Bertz CT molecular complexity index is 1710. The maximum atomic E-state index is 13.9. The van der Waals surface area contributed by atoms with Gasteiger partial charge in [-0.15, -0.1) is 0 Å². The Kier molecular flexibility index (Phi) is 12.6. The van der Waals surface area contributed by atoms with Crippen molar-refractivity contribution in [3.05, 3.63) is 83.9 Å². The van der Waals surface area contributed by atoms with E-state index in [1.807, 2.05) is 42.5 Å². The Hall–Kier alpha value is -5.99. The number of benzene rings is 3. The predicted octanol–water partition coefficient (Wildman–Crippen LogP) is -0.778. The third-order valence-electron chi connectivity index (χ3n) is 7.83. The van der Waals surface area contributed by atoms with Crippen LogP contribution in [0.25, 0.3) is 10.8 Å². The molecule has 15 heteroatoms. The van der Waals surface area contributed by atoms with Gasteiger partial charge in [0.2, 0.25) is 29.5 Å². The lowest BCUT2D eigenvalue weighted by Crippen LogP contribution is -2.58. The Morgan fingerprint density at radius 3 is 1.94 bits per heavy atom.